The lowest BCUT2D eigenvalue weighted by Gasteiger charge is -2.38. The molecule has 0 bridgehead atoms. The molecule has 1 aliphatic carbocycles. The van der Waals surface area contributed by atoms with Crippen LogP contribution in [0.1, 0.15) is 44.1 Å². The van der Waals surface area contributed by atoms with Crippen LogP contribution in [0, 0.1) is 11.8 Å². The third-order valence-corrected chi connectivity index (χ3v) is 6.78. The third kappa shape index (κ3) is 4.57. The summed E-state index contributed by atoms with van der Waals surface area (Å²) in [6.07, 6.45) is 5.84. The fraction of sp³-hybridized carbons (Fsp3) is 0.652. The summed E-state index contributed by atoms with van der Waals surface area (Å²) in [6.45, 7) is 6.39. The van der Waals surface area contributed by atoms with Gasteiger partial charge in [0, 0.05) is 57.6 Å². The number of nitrogens with zero attached hydrogens (tertiary/aromatic N) is 3. The molecule has 2 saturated heterocycles. The first kappa shape index (κ1) is 19.4. The van der Waals surface area contributed by atoms with Gasteiger partial charge in [0.2, 0.25) is 11.8 Å². The predicted molar refractivity (Wildman–Crippen MR) is 110 cm³/mol. The zero-order valence-electron chi connectivity index (χ0n) is 16.9. The first-order valence-corrected chi connectivity index (χ1v) is 11.0. The molecule has 1 aromatic carbocycles. The molecule has 0 spiro atoms. The maximum atomic E-state index is 13.0. The van der Waals surface area contributed by atoms with Gasteiger partial charge in [0.05, 0.1) is 0 Å². The van der Waals surface area contributed by atoms with Crippen LogP contribution in [-0.2, 0) is 16.1 Å². The first-order valence-electron chi connectivity index (χ1n) is 11.0. The minimum Gasteiger partial charge on any atom is -0.342 e. The molecule has 3 fully saturated rings. The Morgan fingerprint density at radius 1 is 0.714 bits per heavy atom. The lowest BCUT2D eigenvalue weighted by atomic mass is 9.80. The highest BCUT2D eigenvalue weighted by Crippen LogP contribution is 2.32. The van der Waals surface area contributed by atoms with Crippen molar-refractivity contribution >= 4 is 11.8 Å². The topological polar surface area (TPSA) is 43.9 Å². The highest BCUT2D eigenvalue weighted by molar-refractivity contribution is 5.81. The highest BCUT2D eigenvalue weighted by Gasteiger charge is 2.35. The lowest BCUT2D eigenvalue weighted by molar-refractivity contribution is -0.142. The largest absolute Gasteiger partial charge is 0.342 e. The molecule has 2 aliphatic heterocycles. The molecule has 5 nitrogen and oxygen atoms in total. The average Bonchev–Trinajstić information content (AvgIpc) is 3.29. The summed E-state index contributed by atoms with van der Waals surface area (Å²) in [5.74, 6) is 0.956. The zero-order valence-corrected chi connectivity index (χ0v) is 16.9. The summed E-state index contributed by atoms with van der Waals surface area (Å²) < 4.78 is 0. The summed E-state index contributed by atoms with van der Waals surface area (Å²) >= 11 is 0. The van der Waals surface area contributed by atoms with Gasteiger partial charge >= 0.3 is 0 Å². The van der Waals surface area contributed by atoms with Crippen molar-refractivity contribution in [2.75, 3.05) is 39.3 Å². The van der Waals surface area contributed by atoms with E-state index in [1.165, 1.54) is 5.56 Å². The smallest absolute Gasteiger partial charge is 0.225 e. The normalized spacial score (nSPS) is 26.4. The van der Waals surface area contributed by atoms with E-state index in [0.29, 0.717) is 11.8 Å². The van der Waals surface area contributed by atoms with Gasteiger partial charge in [0.25, 0.3) is 0 Å². The molecule has 0 radical (unpaired) electrons. The molecule has 0 unspecified atom stereocenters. The Morgan fingerprint density at radius 2 is 1.21 bits per heavy atom. The zero-order chi connectivity index (χ0) is 19.3. The molecule has 4 rings (SSSR count). The van der Waals surface area contributed by atoms with Gasteiger partial charge in [0.15, 0.2) is 0 Å². The van der Waals surface area contributed by atoms with Crippen molar-refractivity contribution in [2.24, 2.45) is 11.8 Å². The van der Waals surface area contributed by atoms with E-state index >= 15 is 0 Å². The molecular weight excluding hydrogens is 350 g/mol. The molecule has 0 atom stereocenters. The number of benzene rings is 1. The molecule has 5 heteroatoms. The number of likely N-dealkylation sites (tertiary alicyclic amines) is 1. The van der Waals surface area contributed by atoms with Gasteiger partial charge in [-0.3, -0.25) is 14.5 Å². The van der Waals surface area contributed by atoms with Crippen molar-refractivity contribution in [3.63, 3.8) is 0 Å². The van der Waals surface area contributed by atoms with Gasteiger partial charge in [-0.05, 0) is 44.1 Å². The Bertz CT molecular complexity index is 656. The van der Waals surface area contributed by atoms with Gasteiger partial charge in [0.1, 0.15) is 0 Å². The minimum atomic E-state index is 0.128. The van der Waals surface area contributed by atoms with Crippen molar-refractivity contribution in [1.29, 1.82) is 0 Å². The number of hydrogen-bond donors (Lipinski definition) is 0. The summed E-state index contributed by atoms with van der Waals surface area (Å²) in [5, 5.41) is 0. The summed E-state index contributed by atoms with van der Waals surface area (Å²) in [6, 6.07) is 10.5. The molecule has 0 aromatic heterocycles. The Labute approximate surface area is 168 Å². The molecule has 2 amide bonds. The van der Waals surface area contributed by atoms with Crippen LogP contribution in [0.25, 0.3) is 0 Å². The second-order valence-electron chi connectivity index (χ2n) is 8.67. The summed E-state index contributed by atoms with van der Waals surface area (Å²) in [7, 11) is 0. The Balaban J connectivity index is 1.21. The number of carbonyl (C=O) groups excluding carboxylic acids is 2. The van der Waals surface area contributed by atoms with Gasteiger partial charge in [-0.2, -0.15) is 0 Å². The predicted octanol–water partition coefficient (Wildman–Crippen LogP) is 2.76. The maximum Gasteiger partial charge on any atom is 0.225 e. The van der Waals surface area contributed by atoms with Gasteiger partial charge < -0.3 is 9.80 Å². The highest BCUT2D eigenvalue weighted by atomic mass is 16.2. The average molecular weight is 384 g/mol. The monoisotopic (exact) mass is 383 g/mol. The molecule has 152 valence electrons. The van der Waals surface area contributed by atoms with Crippen LogP contribution in [0.15, 0.2) is 30.3 Å². The minimum absolute atomic E-state index is 0.128. The molecule has 28 heavy (non-hydrogen) atoms. The molecular formula is C23H33N3O2. The van der Waals surface area contributed by atoms with Crippen LogP contribution in [-0.4, -0.2) is 65.8 Å². The van der Waals surface area contributed by atoms with E-state index in [1.807, 2.05) is 11.0 Å². The lowest BCUT2D eigenvalue weighted by Crippen LogP contribution is -2.50. The van der Waals surface area contributed by atoms with Crippen molar-refractivity contribution in [2.45, 2.75) is 45.1 Å². The Kier molecular flexibility index (Phi) is 6.30. The van der Waals surface area contributed by atoms with Crippen molar-refractivity contribution < 1.29 is 9.59 Å². The van der Waals surface area contributed by atoms with Gasteiger partial charge in [-0.1, -0.05) is 30.3 Å². The number of rotatable bonds is 4. The van der Waals surface area contributed by atoms with E-state index in [9.17, 15) is 9.59 Å². The molecule has 3 aliphatic rings. The first-order chi connectivity index (χ1) is 13.7. The molecule has 2 heterocycles. The second-order valence-corrected chi connectivity index (χ2v) is 8.67. The van der Waals surface area contributed by atoms with Crippen LogP contribution in [0.3, 0.4) is 0 Å². The Morgan fingerprint density at radius 3 is 1.75 bits per heavy atom. The number of piperazine rings is 1. The summed E-state index contributed by atoms with van der Waals surface area (Å²) in [5.41, 5.74) is 1.34. The second kappa shape index (κ2) is 9.08. The fourth-order valence-electron chi connectivity index (χ4n) is 5.01. The van der Waals surface area contributed by atoms with E-state index in [4.69, 9.17) is 0 Å². The van der Waals surface area contributed by atoms with E-state index in [2.05, 4.69) is 34.1 Å². The fourth-order valence-corrected chi connectivity index (χ4v) is 5.01. The van der Waals surface area contributed by atoms with Crippen LogP contribution < -0.4 is 0 Å². The molecule has 1 saturated carbocycles. The van der Waals surface area contributed by atoms with Crippen molar-refractivity contribution in [3.8, 4) is 0 Å². The van der Waals surface area contributed by atoms with Crippen LogP contribution in [0.5, 0.6) is 0 Å². The van der Waals surface area contributed by atoms with Gasteiger partial charge in [-0.25, -0.2) is 0 Å². The van der Waals surface area contributed by atoms with Crippen LogP contribution >= 0.6 is 0 Å². The summed E-state index contributed by atoms with van der Waals surface area (Å²) in [4.78, 5) is 32.1. The maximum absolute atomic E-state index is 13.0. The molecule has 0 N–H and O–H groups in total. The van der Waals surface area contributed by atoms with E-state index in [-0.39, 0.29) is 11.8 Å². The quantitative estimate of drug-likeness (QED) is 0.803. The molecule has 1 aromatic rings. The SMILES string of the molecule is O=C(C1CCC(C(=O)N2CCN(Cc3ccccc3)CC2)CC1)N1CCCC1. The third-order valence-electron chi connectivity index (χ3n) is 6.78. The van der Waals surface area contributed by atoms with E-state index < -0.39 is 0 Å². The number of amides is 2. The Hall–Kier alpha value is -1.88. The van der Waals surface area contributed by atoms with Gasteiger partial charge in [-0.15, -0.1) is 0 Å². The van der Waals surface area contributed by atoms with E-state index in [0.717, 1.165) is 84.3 Å². The number of hydrogen-bond acceptors (Lipinski definition) is 3. The standard InChI is InChI=1S/C23H33N3O2/c27-22(25-12-4-5-13-25)20-8-10-21(11-9-20)23(28)26-16-14-24(15-17-26)18-19-6-2-1-3-7-19/h1-3,6-7,20-21H,4-5,8-18H2. The number of carbonyl (C=O) groups is 2. The van der Waals surface area contributed by atoms with Crippen molar-refractivity contribution in [1.82, 2.24) is 14.7 Å². The van der Waals surface area contributed by atoms with Crippen LogP contribution in [0.2, 0.25) is 0 Å². The van der Waals surface area contributed by atoms with Crippen LogP contribution in [0.4, 0.5) is 0 Å². The van der Waals surface area contributed by atoms with Crippen molar-refractivity contribution in [3.05, 3.63) is 35.9 Å². The van der Waals surface area contributed by atoms with E-state index in [1.54, 1.807) is 0 Å².